The number of rotatable bonds is 9. The molecule has 1 aliphatic carbocycles. The van der Waals surface area contributed by atoms with Gasteiger partial charge >= 0.3 is 5.97 Å². The van der Waals surface area contributed by atoms with Crippen molar-refractivity contribution in [3.63, 3.8) is 0 Å². The van der Waals surface area contributed by atoms with Gasteiger partial charge in [0.1, 0.15) is 5.76 Å². The van der Waals surface area contributed by atoms with E-state index in [0.717, 1.165) is 19.3 Å². The van der Waals surface area contributed by atoms with Gasteiger partial charge in [0.15, 0.2) is 11.6 Å². The number of esters is 1. The molecule has 4 heteroatoms. The van der Waals surface area contributed by atoms with Gasteiger partial charge in [0.05, 0.1) is 10.8 Å². The summed E-state index contributed by atoms with van der Waals surface area (Å²) >= 11 is 0. The summed E-state index contributed by atoms with van der Waals surface area (Å²) in [5.41, 5.74) is -2.01. The van der Waals surface area contributed by atoms with Crippen molar-refractivity contribution in [2.75, 3.05) is 0 Å². The highest BCUT2D eigenvalue weighted by Crippen LogP contribution is 2.41. The minimum atomic E-state index is -1.06. The molecule has 4 nitrogen and oxygen atoms in total. The van der Waals surface area contributed by atoms with Crippen LogP contribution in [0.5, 0.6) is 0 Å². The molecule has 136 valence electrons. The van der Waals surface area contributed by atoms with Crippen molar-refractivity contribution in [1.82, 2.24) is 0 Å². The molecule has 0 amide bonds. The zero-order valence-corrected chi connectivity index (χ0v) is 15.9. The maximum atomic E-state index is 12.5. The highest BCUT2D eigenvalue weighted by atomic mass is 16.5. The fourth-order valence-corrected chi connectivity index (χ4v) is 3.04. The van der Waals surface area contributed by atoms with Crippen molar-refractivity contribution in [2.45, 2.75) is 86.0 Å². The predicted octanol–water partition coefficient (Wildman–Crippen LogP) is 4.76. The third-order valence-corrected chi connectivity index (χ3v) is 4.84. The Bertz CT molecular complexity index is 512. The molecule has 0 aromatic carbocycles. The number of ketones is 2. The van der Waals surface area contributed by atoms with Crippen molar-refractivity contribution < 1.29 is 19.1 Å². The van der Waals surface area contributed by atoms with Gasteiger partial charge in [0, 0.05) is 12.5 Å². The largest absolute Gasteiger partial charge is 0.430 e. The first-order valence-electron chi connectivity index (χ1n) is 9.16. The number of Topliss-reactive ketones (excluding diaryl/α,β-unsaturated/α-hetero) is 1. The molecular weight excluding hydrogens is 304 g/mol. The first-order chi connectivity index (χ1) is 11.1. The summed E-state index contributed by atoms with van der Waals surface area (Å²) in [6.07, 6.45) is 9.53. The van der Waals surface area contributed by atoms with Crippen LogP contribution in [-0.2, 0) is 19.1 Å². The average molecular weight is 336 g/mol. The van der Waals surface area contributed by atoms with Crippen LogP contribution in [0.4, 0.5) is 0 Å². The summed E-state index contributed by atoms with van der Waals surface area (Å²) in [5, 5.41) is 0. The molecule has 0 aromatic rings. The van der Waals surface area contributed by atoms with Crippen LogP contribution in [0.3, 0.4) is 0 Å². The van der Waals surface area contributed by atoms with E-state index in [9.17, 15) is 14.4 Å². The Morgan fingerprint density at radius 3 is 2.04 bits per heavy atom. The zero-order chi connectivity index (χ0) is 18.4. The van der Waals surface area contributed by atoms with Gasteiger partial charge in [0.2, 0.25) is 0 Å². The van der Waals surface area contributed by atoms with Gasteiger partial charge in [-0.3, -0.25) is 14.4 Å². The van der Waals surface area contributed by atoms with Crippen LogP contribution in [0.2, 0.25) is 0 Å². The molecule has 0 radical (unpaired) electrons. The van der Waals surface area contributed by atoms with Crippen LogP contribution >= 0.6 is 0 Å². The minimum Gasteiger partial charge on any atom is -0.430 e. The minimum absolute atomic E-state index is 0.185. The number of ether oxygens (including phenoxy) is 1. The molecule has 0 N–H and O–H groups in total. The number of unbranched alkanes of at least 4 members (excludes halogenated alkanes) is 6. The van der Waals surface area contributed by atoms with E-state index in [0.29, 0.717) is 6.42 Å². The van der Waals surface area contributed by atoms with Crippen LogP contribution in [0.25, 0.3) is 0 Å². The fraction of sp³-hybridized carbons (Fsp3) is 0.750. The molecule has 0 fully saturated rings. The van der Waals surface area contributed by atoms with E-state index in [4.69, 9.17) is 4.74 Å². The summed E-state index contributed by atoms with van der Waals surface area (Å²) < 4.78 is 5.37. The molecule has 0 aliphatic heterocycles. The lowest BCUT2D eigenvalue weighted by Crippen LogP contribution is -2.47. The Hall–Kier alpha value is -1.45. The van der Waals surface area contributed by atoms with Crippen molar-refractivity contribution in [2.24, 2.45) is 10.8 Å². The smallest absolute Gasteiger partial charge is 0.310 e. The number of hydrogen-bond donors (Lipinski definition) is 0. The summed E-state index contributed by atoms with van der Waals surface area (Å²) in [4.78, 5) is 36.6. The first-order valence-corrected chi connectivity index (χ1v) is 9.16. The summed E-state index contributed by atoms with van der Waals surface area (Å²) in [7, 11) is 0. The number of carbonyl (C=O) groups excluding carboxylic acids is 3. The lowest BCUT2D eigenvalue weighted by atomic mass is 9.66. The molecule has 0 heterocycles. The van der Waals surface area contributed by atoms with E-state index in [2.05, 4.69) is 6.92 Å². The van der Waals surface area contributed by atoms with Crippen molar-refractivity contribution in [1.29, 1.82) is 0 Å². The van der Waals surface area contributed by atoms with Gasteiger partial charge in [-0.2, -0.15) is 0 Å². The van der Waals surface area contributed by atoms with E-state index in [1.165, 1.54) is 31.8 Å². The van der Waals surface area contributed by atoms with Crippen molar-refractivity contribution >= 4 is 17.5 Å². The Morgan fingerprint density at radius 1 is 0.917 bits per heavy atom. The van der Waals surface area contributed by atoms with Gasteiger partial charge in [-0.1, -0.05) is 45.4 Å². The lowest BCUT2D eigenvalue weighted by molar-refractivity contribution is -0.148. The van der Waals surface area contributed by atoms with Gasteiger partial charge in [-0.15, -0.1) is 0 Å². The van der Waals surface area contributed by atoms with Crippen LogP contribution in [0.15, 0.2) is 11.8 Å². The molecule has 24 heavy (non-hydrogen) atoms. The molecule has 0 saturated carbocycles. The van der Waals surface area contributed by atoms with Crippen LogP contribution in [0.1, 0.15) is 86.0 Å². The van der Waals surface area contributed by atoms with Crippen molar-refractivity contribution in [3.05, 3.63) is 11.8 Å². The van der Waals surface area contributed by atoms with Gasteiger partial charge < -0.3 is 4.74 Å². The summed E-state index contributed by atoms with van der Waals surface area (Å²) in [6, 6.07) is 0. The maximum absolute atomic E-state index is 12.5. The van der Waals surface area contributed by atoms with Crippen LogP contribution in [0, 0.1) is 10.8 Å². The third-order valence-electron chi connectivity index (χ3n) is 4.84. The van der Waals surface area contributed by atoms with E-state index >= 15 is 0 Å². The lowest BCUT2D eigenvalue weighted by Gasteiger charge is -2.36. The molecule has 1 rings (SSSR count). The van der Waals surface area contributed by atoms with Crippen LogP contribution < -0.4 is 0 Å². The number of hydrogen-bond acceptors (Lipinski definition) is 4. The Balaban J connectivity index is 2.49. The van der Waals surface area contributed by atoms with E-state index in [1.54, 1.807) is 27.7 Å². The van der Waals surface area contributed by atoms with E-state index < -0.39 is 10.8 Å². The molecule has 0 bridgehead atoms. The molecule has 1 aliphatic rings. The molecule has 0 atom stereocenters. The Morgan fingerprint density at radius 2 is 1.46 bits per heavy atom. The normalized spacial score (nSPS) is 19.1. The van der Waals surface area contributed by atoms with Crippen LogP contribution in [-0.4, -0.2) is 17.5 Å². The molecule has 0 spiro atoms. The van der Waals surface area contributed by atoms with Gasteiger partial charge in [-0.05, 0) is 34.1 Å². The summed E-state index contributed by atoms with van der Waals surface area (Å²) in [6.45, 7) is 8.83. The number of carbonyl (C=O) groups is 3. The average Bonchev–Trinajstić information content (AvgIpc) is 2.51. The zero-order valence-electron chi connectivity index (χ0n) is 15.9. The Kier molecular flexibility index (Phi) is 7.37. The van der Waals surface area contributed by atoms with E-state index in [-0.39, 0.29) is 23.3 Å². The van der Waals surface area contributed by atoms with Gasteiger partial charge in [-0.25, -0.2) is 0 Å². The third kappa shape index (κ3) is 5.02. The van der Waals surface area contributed by atoms with E-state index in [1.807, 2.05) is 0 Å². The van der Waals surface area contributed by atoms with Gasteiger partial charge in [0.25, 0.3) is 0 Å². The second kappa shape index (κ2) is 8.59. The second-order valence-corrected chi connectivity index (χ2v) is 7.80. The SMILES string of the molecule is CCCCCCCCCC(=O)OC1=CC(=O)C(C)(C)C(=O)C1(C)C. The second-order valence-electron chi connectivity index (χ2n) is 7.80. The van der Waals surface area contributed by atoms with Crippen molar-refractivity contribution in [3.8, 4) is 0 Å². The highest BCUT2D eigenvalue weighted by molar-refractivity contribution is 6.16. The topological polar surface area (TPSA) is 60.4 Å². The first kappa shape index (κ1) is 20.6. The molecule has 0 saturated heterocycles. The summed E-state index contributed by atoms with van der Waals surface area (Å²) in [5.74, 6) is -0.681. The monoisotopic (exact) mass is 336 g/mol. The molecule has 0 aromatic heterocycles. The quantitative estimate of drug-likeness (QED) is 0.346. The Labute approximate surface area is 146 Å². The molecule has 0 unspecified atom stereocenters. The maximum Gasteiger partial charge on any atom is 0.310 e. The number of allylic oxidation sites excluding steroid dienone is 2. The fourth-order valence-electron chi connectivity index (χ4n) is 3.04. The predicted molar refractivity (Wildman–Crippen MR) is 94.4 cm³/mol. The molecular formula is C20H32O4. The highest BCUT2D eigenvalue weighted by Gasteiger charge is 2.50. The standard InChI is InChI=1S/C20H32O4/c1-6-7-8-9-10-11-12-13-17(22)24-16-14-15(21)19(2,3)18(23)20(16,4)5/h14H,6-13H2,1-5H3.